The molecule has 0 bridgehead atoms. The van der Waals surface area contributed by atoms with Crippen LogP contribution in [0.15, 0.2) is 54.6 Å². The van der Waals surface area contributed by atoms with Crippen molar-refractivity contribution < 1.29 is 19.4 Å². The molecule has 0 saturated heterocycles. The Bertz CT molecular complexity index is 997. The number of nitrogens with zero attached hydrogens (tertiary/aromatic N) is 2. The number of carbonyl (C=O) groups excluding carboxylic acids is 1. The van der Waals surface area contributed by atoms with Crippen molar-refractivity contribution in [1.29, 1.82) is 0 Å². The molecule has 0 aliphatic heterocycles. The van der Waals surface area contributed by atoms with E-state index < -0.39 is 17.5 Å². The predicted molar refractivity (Wildman–Crippen MR) is 109 cm³/mol. The Morgan fingerprint density at radius 3 is 2.37 bits per heavy atom. The fraction of sp³-hybridized carbons (Fsp3) is 0.227. The normalized spacial score (nSPS) is 11.8. The maximum atomic E-state index is 13.0. The van der Waals surface area contributed by atoms with E-state index in [1.807, 2.05) is 37.3 Å². The van der Waals surface area contributed by atoms with Gasteiger partial charge in [0, 0.05) is 25.6 Å². The van der Waals surface area contributed by atoms with Crippen LogP contribution in [0.4, 0.5) is 4.39 Å². The van der Waals surface area contributed by atoms with Crippen LogP contribution >= 0.6 is 0 Å². The molecular weight excluding hydrogens is 387 g/mol. The van der Waals surface area contributed by atoms with E-state index in [1.54, 1.807) is 12.1 Å². The standard InChI is InChI=1S/C22H23FN4O3/c1-14(24-12-15-5-3-2-4-6-15)11-18-26-19(20(28)22(30)27-18)21(29)25-13-16-7-9-17(23)10-8-16/h2-10,14,24,28H,11-13H2,1H3,(H,25,29)(H,26,27,30). The summed E-state index contributed by atoms with van der Waals surface area (Å²) in [6.07, 6.45) is 0.346. The zero-order valence-electron chi connectivity index (χ0n) is 16.5. The highest BCUT2D eigenvalue weighted by atomic mass is 19.1. The Morgan fingerprint density at radius 2 is 1.67 bits per heavy atom. The summed E-state index contributed by atoms with van der Waals surface area (Å²) in [5, 5.41) is 25.9. The van der Waals surface area contributed by atoms with Gasteiger partial charge >= 0.3 is 0 Å². The number of hydrogen-bond acceptors (Lipinski definition) is 6. The van der Waals surface area contributed by atoms with Gasteiger partial charge < -0.3 is 20.8 Å². The molecule has 2 aromatic carbocycles. The summed E-state index contributed by atoms with van der Waals surface area (Å²) in [4.78, 5) is 20.4. The summed E-state index contributed by atoms with van der Waals surface area (Å²) in [6, 6.07) is 15.5. The fourth-order valence-electron chi connectivity index (χ4n) is 2.84. The van der Waals surface area contributed by atoms with E-state index in [-0.39, 0.29) is 29.9 Å². The molecule has 1 unspecified atom stereocenters. The molecule has 3 aromatic rings. The molecule has 7 nitrogen and oxygen atoms in total. The van der Waals surface area contributed by atoms with E-state index in [1.165, 1.54) is 12.1 Å². The summed E-state index contributed by atoms with van der Waals surface area (Å²) < 4.78 is 13.0. The average Bonchev–Trinajstić information content (AvgIpc) is 2.75. The molecule has 30 heavy (non-hydrogen) atoms. The Hall–Kier alpha value is -3.52. The molecule has 0 saturated carbocycles. The SMILES string of the molecule is CC(Cc1nc(O)c(O)c(C(=O)NCc2ccc(F)cc2)n1)NCc1ccccc1. The van der Waals surface area contributed by atoms with Gasteiger partial charge in [-0.15, -0.1) is 0 Å². The largest absolute Gasteiger partial charge is 0.501 e. The third-order valence-electron chi connectivity index (χ3n) is 4.48. The lowest BCUT2D eigenvalue weighted by Crippen LogP contribution is -2.29. The van der Waals surface area contributed by atoms with E-state index in [4.69, 9.17) is 0 Å². The van der Waals surface area contributed by atoms with Crippen LogP contribution in [-0.4, -0.2) is 32.1 Å². The van der Waals surface area contributed by atoms with Crippen LogP contribution in [0.1, 0.15) is 34.4 Å². The number of benzene rings is 2. The highest BCUT2D eigenvalue weighted by molar-refractivity contribution is 5.95. The van der Waals surface area contributed by atoms with E-state index in [2.05, 4.69) is 20.6 Å². The maximum Gasteiger partial charge on any atom is 0.274 e. The number of aromatic nitrogens is 2. The van der Waals surface area contributed by atoms with Crippen molar-refractivity contribution in [2.45, 2.75) is 32.5 Å². The first-order valence-corrected chi connectivity index (χ1v) is 9.51. The molecule has 1 heterocycles. The lowest BCUT2D eigenvalue weighted by atomic mass is 10.2. The number of nitrogens with one attached hydrogen (secondary N) is 2. The Morgan fingerprint density at radius 1 is 1.00 bits per heavy atom. The van der Waals surface area contributed by atoms with Gasteiger partial charge in [0.05, 0.1) is 0 Å². The zero-order chi connectivity index (χ0) is 21.5. The lowest BCUT2D eigenvalue weighted by Gasteiger charge is -2.14. The van der Waals surface area contributed by atoms with Gasteiger partial charge in [-0.25, -0.2) is 9.37 Å². The molecular formula is C22H23FN4O3. The molecule has 0 spiro atoms. The zero-order valence-corrected chi connectivity index (χ0v) is 16.5. The van der Waals surface area contributed by atoms with Crippen LogP contribution in [0.2, 0.25) is 0 Å². The molecule has 1 atom stereocenters. The molecule has 0 aliphatic rings. The molecule has 156 valence electrons. The maximum absolute atomic E-state index is 13.0. The van der Waals surface area contributed by atoms with Crippen LogP contribution in [0.3, 0.4) is 0 Å². The first-order chi connectivity index (χ1) is 14.4. The Kier molecular flexibility index (Phi) is 6.92. The monoisotopic (exact) mass is 410 g/mol. The van der Waals surface area contributed by atoms with Crippen LogP contribution in [-0.2, 0) is 19.5 Å². The van der Waals surface area contributed by atoms with Crippen molar-refractivity contribution in [2.75, 3.05) is 0 Å². The lowest BCUT2D eigenvalue weighted by molar-refractivity contribution is 0.0941. The van der Waals surface area contributed by atoms with Gasteiger partial charge in [-0.1, -0.05) is 42.5 Å². The van der Waals surface area contributed by atoms with Crippen LogP contribution in [0.5, 0.6) is 11.6 Å². The molecule has 0 fully saturated rings. The number of rotatable bonds is 8. The molecule has 0 aliphatic carbocycles. The second-order valence-corrected chi connectivity index (χ2v) is 6.94. The van der Waals surface area contributed by atoms with Crippen molar-refractivity contribution in [3.05, 3.63) is 83.1 Å². The summed E-state index contributed by atoms with van der Waals surface area (Å²) in [6.45, 7) is 2.70. The van der Waals surface area contributed by atoms with Gasteiger partial charge in [-0.3, -0.25) is 4.79 Å². The van der Waals surface area contributed by atoms with Crippen LogP contribution in [0, 0.1) is 5.82 Å². The highest BCUT2D eigenvalue weighted by Gasteiger charge is 2.20. The summed E-state index contributed by atoms with van der Waals surface area (Å²) in [5.41, 5.74) is 1.50. The number of aromatic hydroxyl groups is 2. The van der Waals surface area contributed by atoms with Crippen molar-refractivity contribution in [3.8, 4) is 11.6 Å². The van der Waals surface area contributed by atoms with Gasteiger partial charge in [0.1, 0.15) is 11.6 Å². The van der Waals surface area contributed by atoms with E-state index in [0.717, 1.165) is 5.56 Å². The summed E-state index contributed by atoms with van der Waals surface area (Å²) in [5.74, 6) is -2.14. The van der Waals surface area contributed by atoms with Gasteiger partial charge in [0.2, 0.25) is 5.75 Å². The van der Waals surface area contributed by atoms with Crippen molar-refractivity contribution in [1.82, 2.24) is 20.6 Å². The Labute approximate surface area is 173 Å². The van der Waals surface area contributed by atoms with Gasteiger partial charge in [0.25, 0.3) is 11.8 Å². The predicted octanol–water partition coefficient (Wildman–Crippen LogP) is 2.68. The Balaban J connectivity index is 1.63. The molecule has 4 N–H and O–H groups in total. The van der Waals surface area contributed by atoms with Gasteiger partial charge in [-0.2, -0.15) is 4.98 Å². The number of hydrogen-bond donors (Lipinski definition) is 4. The molecule has 3 rings (SSSR count). The van der Waals surface area contributed by atoms with Crippen molar-refractivity contribution in [2.24, 2.45) is 0 Å². The van der Waals surface area contributed by atoms with E-state index >= 15 is 0 Å². The van der Waals surface area contributed by atoms with Gasteiger partial charge in [0.15, 0.2) is 5.69 Å². The first kappa shape index (κ1) is 21.2. The van der Waals surface area contributed by atoms with Crippen molar-refractivity contribution in [3.63, 3.8) is 0 Å². The number of halogens is 1. The summed E-state index contributed by atoms with van der Waals surface area (Å²) in [7, 11) is 0. The van der Waals surface area contributed by atoms with Crippen LogP contribution < -0.4 is 10.6 Å². The van der Waals surface area contributed by atoms with Crippen LogP contribution in [0.25, 0.3) is 0 Å². The minimum absolute atomic E-state index is 0.0377. The average molecular weight is 410 g/mol. The van der Waals surface area contributed by atoms with E-state index in [0.29, 0.717) is 18.5 Å². The number of carbonyl (C=O) groups is 1. The van der Waals surface area contributed by atoms with E-state index in [9.17, 15) is 19.4 Å². The smallest absolute Gasteiger partial charge is 0.274 e. The quantitative estimate of drug-likeness (QED) is 0.455. The minimum atomic E-state index is -0.680. The summed E-state index contributed by atoms with van der Waals surface area (Å²) >= 11 is 0. The molecule has 8 heteroatoms. The molecule has 1 aromatic heterocycles. The molecule has 0 radical (unpaired) electrons. The third kappa shape index (κ3) is 5.74. The third-order valence-corrected chi connectivity index (χ3v) is 4.48. The second-order valence-electron chi connectivity index (χ2n) is 6.94. The fourth-order valence-corrected chi connectivity index (χ4v) is 2.84. The van der Waals surface area contributed by atoms with Crippen molar-refractivity contribution >= 4 is 5.91 Å². The first-order valence-electron chi connectivity index (χ1n) is 9.51. The minimum Gasteiger partial charge on any atom is -0.501 e. The highest BCUT2D eigenvalue weighted by Crippen LogP contribution is 2.25. The topological polar surface area (TPSA) is 107 Å². The second kappa shape index (κ2) is 9.80. The molecule has 1 amide bonds. The van der Waals surface area contributed by atoms with Gasteiger partial charge in [-0.05, 0) is 30.2 Å². The number of amides is 1.